The van der Waals surface area contributed by atoms with Gasteiger partial charge in [0.1, 0.15) is 0 Å². The summed E-state index contributed by atoms with van der Waals surface area (Å²) in [5.41, 5.74) is 3.12. The molecule has 1 saturated carbocycles. The van der Waals surface area contributed by atoms with Gasteiger partial charge in [-0.2, -0.15) is 0 Å². The minimum atomic E-state index is 0.413. The van der Waals surface area contributed by atoms with Crippen LogP contribution in [0.2, 0.25) is 0 Å². The van der Waals surface area contributed by atoms with Gasteiger partial charge in [0.15, 0.2) is 0 Å². The monoisotopic (exact) mass is 212 g/mol. The van der Waals surface area contributed by atoms with Crippen molar-refractivity contribution < 1.29 is 4.74 Å². The molecule has 0 atom stereocenters. The molecule has 0 N–H and O–H groups in total. The highest BCUT2D eigenvalue weighted by Gasteiger charge is 2.44. The lowest BCUT2D eigenvalue weighted by molar-refractivity contribution is 0.137. The summed E-state index contributed by atoms with van der Waals surface area (Å²) in [5.74, 6) is 0. The van der Waals surface area contributed by atoms with Gasteiger partial charge in [-0.3, -0.25) is 0 Å². The summed E-state index contributed by atoms with van der Waals surface area (Å²) in [4.78, 5) is 0. The van der Waals surface area contributed by atoms with Crippen LogP contribution in [0.25, 0.3) is 0 Å². The summed E-state index contributed by atoms with van der Waals surface area (Å²) < 4.78 is 5.77. The van der Waals surface area contributed by atoms with Gasteiger partial charge in [-0.25, -0.2) is 0 Å². The third kappa shape index (κ3) is 1.83. The highest BCUT2D eigenvalue weighted by atomic mass is 16.5. The Bertz CT molecular complexity index is 424. The van der Waals surface area contributed by atoms with Gasteiger partial charge in [-0.1, -0.05) is 48.6 Å². The van der Waals surface area contributed by atoms with E-state index in [1.807, 2.05) is 6.07 Å². The van der Waals surface area contributed by atoms with E-state index in [-0.39, 0.29) is 0 Å². The van der Waals surface area contributed by atoms with Gasteiger partial charge in [0.25, 0.3) is 0 Å². The Kier molecular flexibility index (Phi) is 2.41. The predicted molar refractivity (Wildman–Crippen MR) is 65.0 cm³/mol. The van der Waals surface area contributed by atoms with Crippen LogP contribution in [0.3, 0.4) is 0 Å². The van der Waals surface area contributed by atoms with Gasteiger partial charge in [-0.15, -0.1) is 0 Å². The Morgan fingerprint density at radius 1 is 1.06 bits per heavy atom. The van der Waals surface area contributed by atoms with Crippen LogP contribution in [-0.4, -0.2) is 6.61 Å². The molecule has 0 bridgehead atoms. The third-order valence-corrected chi connectivity index (χ3v) is 3.51. The lowest BCUT2D eigenvalue weighted by Gasteiger charge is -2.12. The fourth-order valence-corrected chi connectivity index (χ4v) is 2.29. The molecular formula is C15H16O. The number of hydrogen-bond acceptors (Lipinski definition) is 1. The number of hydrogen-bond donors (Lipinski definition) is 0. The molecule has 0 aliphatic heterocycles. The molecule has 82 valence electrons. The molecule has 3 rings (SSSR count). The number of rotatable bonds is 4. The first-order chi connectivity index (χ1) is 7.89. The van der Waals surface area contributed by atoms with E-state index in [0.29, 0.717) is 12.0 Å². The standard InChI is InChI=1S/C15H16O/c1-2-5-13(6-3-1)11-16-12-14-7-4-8-15(14)9-10-15/h1-8H,9-12H2. The summed E-state index contributed by atoms with van der Waals surface area (Å²) in [5, 5.41) is 0. The minimum Gasteiger partial charge on any atom is -0.372 e. The first-order valence-corrected chi connectivity index (χ1v) is 5.90. The summed E-state index contributed by atoms with van der Waals surface area (Å²) in [6.07, 6.45) is 9.34. The van der Waals surface area contributed by atoms with E-state index in [2.05, 4.69) is 42.5 Å². The predicted octanol–water partition coefficient (Wildman–Crippen LogP) is 3.48. The molecular weight excluding hydrogens is 196 g/mol. The van der Waals surface area contributed by atoms with Crippen molar-refractivity contribution in [3.63, 3.8) is 0 Å². The van der Waals surface area contributed by atoms with E-state index in [9.17, 15) is 0 Å². The zero-order chi connectivity index (χ0) is 10.8. The van der Waals surface area contributed by atoms with Gasteiger partial charge in [-0.05, 0) is 24.0 Å². The normalized spacial score (nSPS) is 20.1. The molecule has 16 heavy (non-hydrogen) atoms. The van der Waals surface area contributed by atoms with E-state index >= 15 is 0 Å². The summed E-state index contributed by atoms with van der Waals surface area (Å²) in [6, 6.07) is 10.4. The van der Waals surface area contributed by atoms with Crippen LogP contribution in [0.5, 0.6) is 0 Å². The largest absolute Gasteiger partial charge is 0.372 e. The highest BCUT2D eigenvalue weighted by molar-refractivity contribution is 5.39. The molecule has 0 radical (unpaired) electrons. The molecule has 1 aromatic carbocycles. The third-order valence-electron chi connectivity index (χ3n) is 3.51. The van der Waals surface area contributed by atoms with E-state index in [1.54, 1.807) is 0 Å². The lowest BCUT2D eigenvalue weighted by atomic mass is 10.0. The summed E-state index contributed by atoms with van der Waals surface area (Å²) in [7, 11) is 0. The van der Waals surface area contributed by atoms with Crippen molar-refractivity contribution in [2.24, 2.45) is 5.41 Å². The zero-order valence-corrected chi connectivity index (χ0v) is 9.36. The van der Waals surface area contributed by atoms with Gasteiger partial charge in [0, 0.05) is 5.41 Å². The number of ether oxygens (including phenoxy) is 1. The van der Waals surface area contributed by atoms with Crippen LogP contribution >= 0.6 is 0 Å². The van der Waals surface area contributed by atoms with Crippen LogP contribution in [0.4, 0.5) is 0 Å². The van der Waals surface area contributed by atoms with Gasteiger partial charge >= 0.3 is 0 Å². The van der Waals surface area contributed by atoms with Gasteiger partial charge in [0.2, 0.25) is 0 Å². The van der Waals surface area contributed by atoms with E-state index < -0.39 is 0 Å². The van der Waals surface area contributed by atoms with E-state index in [4.69, 9.17) is 4.74 Å². The second kappa shape index (κ2) is 3.91. The summed E-state index contributed by atoms with van der Waals surface area (Å²) in [6.45, 7) is 1.50. The topological polar surface area (TPSA) is 9.23 Å². The number of allylic oxidation sites excluding steroid dienone is 3. The molecule has 1 spiro atoms. The number of benzene rings is 1. The van der Waals surface area contributed by atoms with Crippen LogP contribution in [0.1, 0.15) is 18.4 Å². The Labute approximate surface area is 96.4 Å². The molecule has 1 nitrogen and oxygen atoms in total. The van der Waals surface area contributed by atoms with Crippen LogP contribution in [0, 0.1) is 5.41 Å². The average Bonchev–Trinajstić information content (AvgIpc) is 2.98. The summed E-state index contributed by atoms with van der Waals surface area (Å²) >= 11 is 0. The molecule has 0 saturated heterocycles. The first-order valence-electron chi connectivity index (χ1n) is 5.90. The molecule has 0 amide bonds. The molecule has 1 aromatic rings. The van der Waals surface area contributed by atoms with Crippen molar-refractivity contribution in [2.45, 2.75) is 19.4 Å². The maximum Gasteiger partial charge on any atom is 0.0721 e. The highest BCUT2D eigenvalue weighted by Crippen LogP contribution is 2.55. The fraction of sp³-hybridized carbons (Fsp3) is 0.333. The molecule has 0 unspecified atom stereocenters. The average molecular weight is 212 g/mol. The molecule has 0 aromatic heterocycles. The van der Waals surface area contributed by atoms with Crippen LogP contribution < -0.4 is 0 Å². The molecule has 2 aliphatic carbocycles. The molecule has 2 aliphatic rings. The SMILES string of the molecule is C1=CC2(CC2)C(COCc2ccccc2)=C1. The smallest absolute Gasteiger partial charge is 0.0721 e. The second-order valence-corrected chi connectivity index (χ2v) is 4.69. The molecule has 1 heteroatoms. The maximum absolute atomic E-state index is 5.77. The van der Waals surface area contributed by atoms with Crippen molar-refractivity contribution >= 4 is 0 Å². The first kappa shape index (κ1) is 9.86. The van der Waals surface area contributed by atoms with Crippen molar-refractivity contribution in [1.82, 2.24) is 0 Å². The van der Waals surface area contributed by atoms with Crippen molar-refractivity contribution in [2.75, 3.05) is 6.61 Å². The Morgan fingerprint density at radius 3 is 2.62 bits per heavy atom. The van der Waals surface area contributed by atoms with Crippen molar-refractivity contribution in [1.29, 1.82) is 0 Å². The second-order valence-electron chi connectivity index (χ2n) is 4.69. The van der Waals surface area contributed by atoms with Crippen molar-refractivity contribution in [3.8, 4) is 0 Å². The van der Waals surface area contributed by atoms with Crippen LogP contribution in [-0.2, 0) is 11.3 Å². The quantitative estimate of drug-likeness (QED) is 0.742. The zero-order valence-electron chi connectivity index (χ0n) is 9.36. The van der Waals surface area contributed by atoms with Crippen LogP contribution in [0.15, 0.2) is 54.1 Å². The van der Waals surface area contributed by atoms with Gasteiger partial charge < -0.3 is 4.74 Å². The lowest BCUT2D eigenvalue weighted by Crippen LogP contribution is -2.05. The van der Waals surface area contributed by atoms with E-state index in [1.165, 1.54) is 24.0 Å². The Morgan fingerprint density at radius 2 is 1.88 bits per heavy atom. The minimum absolute atomic E-state index is 0.413. The molecule has 0 heterocycles. The fourth-order valence-electron chi connectivity index (χ4n) is 2.29. The maximum atomic E-state index is 5.77. The Balaban J connectivity index is 1.51. The Hall–Kier alpha value is -1.34. The molecule has 1 fully saturated rings. The van der Waals surface area contributed by atoms with Gasteiger partial charge in [0.05, 0.1) is 13.2 Å². The van der Waals surface area contributed by atoms with E-state index in [0.717, 1.165) is 6.61 Å². The van der Waals surface area contributed by atoms with Crippen molar-refractivity contribution in [3.05, 3.63) is 59.7 Å².